The van der Waals surface area contributed by atoms with Gasteiger partial charge in [0.15, 0.2) is 5.75 Å². The molecule has 0 aliphatic heterocycles. The molecule has 2 rings (SSSR count). The Morgan fingerprint density at radius 1 is 1.20 bits per heavy atom. The van der Waals surface area contributed by atoms with Crippen molar-refractivity contribution in [2.75, 3.05) is 5.32 Å². The Balaban J connectivity index is 2.05. The fourth-order valence-electron chi connectivity index (χ4n) is 1.50. The van der Waals surface area contributed by atoms with Gasteiger partial charge in [-0.15, -0.1) is 23.4 Å². The maximum absolute atomic E-state index is 12.2. The van der Waals surface area contributed by atoms with Gasteiger partial charge in [-0.2, -0.15) is 0 Å². The summed E-state index contributed by atoms with van der Waals surface area (Å²) in [7, 11) is 0. The van der Waals surface area contributed by atoms with E-state index in [1.54, 1.807) is 6.07 Å². The zero-order valence-electron chi connectivity index (χ0n) is 10.6. The Kier molecular flexibility index (Phi) is 4.11. The van der Waals surface area contributed by atoms with Gasteiger partial charge in [-0.3, -0.25) is 0 Å². The Morgan fingerprint density at radius 2 is 1.90 bits per heavy atom. The lowest BCUT2D eigenvalue weighted by atomic mass is 10.3. The summed E-state index contributed by atoms with van der Waals surface area (Å²) in [6.07, 6.45) is -4.14. The molecular formula is C12H12F3N3O2. The predicted octanol–water partition coefficient (Wildman–Crippen LogP) is 3.14. The number of aromatic nitrogens is 2. The van der Waals surface area contributed by atoms with Crippen molar-refractivity contribution in [2.45, 2.75) is 26.3 Å². The summed E-state index contributed by atoms with van der Waals surface area (Å²) in [5, 5.41) is 10.3. The van der Waals surface area contributed by atoms with Crippen molar-refractivity contribution in [3.8, 4) is 5.75 Å². The van der Waals surface area contributed by atoms with Crippen LogP contribution in [0.15, 0.2) is 28.7 Å². The Bertz CT molecular complexity index is 569. The second-order valence-electron chi connectivity index (χ2n) is 3.84. The number of hydrogen-bond donors (Lipinski definition) is 1. The van der Waals surface area contributed by atoms with Gasteiger partial charge in [-0.05, 0) is 12.1 Å². The largest absolute Gasteiger partial charge is 0.573 e. The first-order valence-electron chi connectivity index (χ1n) is 5.88. The Morgan fingerprint density at radius 3 is 2.55 bits per heavy atom. The first-order chi connectivity index (χ1) is 9.48. The van der Waals surface area contributed by atoms with Crippen molar-refractivity contribution in [1.82, 2.24) is 10.2 Å². The maximum atomic E-state index is 12.2. The standard InChI is InChI=1S/C12H12F3N3O2/c1-2-10-17-18-11(19-10)7-16-8-5-3-4-6-9(8)20-12(13,14)15/h3-6,16H,2,7H2,1H3. The van der Waals surface area contributed by atoms with Crippen molar-refractivity contribution in [2.24, 2.45) is 0 Å². The lowest BCUT2D eigenvalue weighted by molar-refractivity contribution is -0.274. The third-order valence-electron chi connectivity index (χ3n) is 2.35. The molecule has 108 valence electrons. The van der Waals surface area contributed by atoms with Gasteiger partial charge >= 0.3 is 6.36 Å². The predicted molar refractivity (Wildman–Crippen MR) is 64.1 cm³/mol. The summed E-state index contributed by atoms with van der Waals surface area (Å²) in [5.41, 5.74) is 0.195. The molecule has 0 unspecified atom stereocenters. The number of hydrogen-bond acceptors (Lipinski definition) is 5. The highest BCUT2D eigenvalue weighted by Gasteiger charge is 2.32. The number of nitrogens with one attached hydrogen (secondary N) is 1. The molecule has 20 heavy (non-hydrogen) atoms. The fraction of sp³-hybridized carbons (Fsp3) is 0.333. The molecule has 0 bridgehead atoms. The van der Waals surface area contributed by atoms with Gasteiger partial charge in [0.2, 0.25) is 11.8 Å². The van der Waals surface area contributed by atoms with Crippen LogP contribution < -0.4 is 10.1 Å². The maximum Gasteiger partial charge on any atom is 0.573 e. The van der Waals surface area contributed by atoms with E-state index in [0.29, 0.717) is 18.2 Å². The minimum atomic E-state index is -4.74. The molecule has 2 aromatic rings. The molecule has 1 N–H and O–H groups in total. The van der Waals surface area contributed by atoms with Gasteiger partial charge in [0, 0.05) is 6.42 Å². The van der Waals surface area contributed by atoms with E-state index in [0.717, 1.165) is 0 Å². The lowest BCUT2D eigenvalue weighted by Gasteiger charge is -2.13. The van der Waals surface area contributed by atoms with Crippen LogP contribution in [0.3, 0.4) is 0 Å². The average Bonchev–Trinajstić information content (AvgIpc) is 2.84. The zero-order chi connectivity index (χ0) is 14.6. The molecule has 0 atom stereocenters. The third-order valence-corrected chi connectivity index (χ3v) is 2.35. The van der Waals surface area contributed by atoms with Crippen LogP contribution in [0, 0.1) is 0 Å². The molecule has 0 fully saturated rings. The number of halogens is 3. The molecule has 0 spiro atoms. The summed E-state index contributed by atoms with van der Waals surface area (Å²) in [6, 6.07) is 5.74. The molecule has 0 aliphatic carbocycles. The lowest BCUT2D eigenvalue weighted by Crippen LogP contribution is -2.18. The summed E-state index contributed by atoms with van der Waals surface area (Å²) < 4.78 is 45.9. The number of ether oxygens (including phenoxy) is 1. The van der Waals surface area contributed by atoms with Gasteiger partial charge in [0.1, 0.15) is 0 Å². The van der Waals surface area contributed by atoms with Crippen LogP contribution in [0.5, 0.6) is 5.75 Å². The summed E-state index contributed by atoms with van der Waals surface area (Å²) in [4.78, 5) is 0. The number of aryl methyl sites for hydroxylation is 1. The van der Waals surface area contributed by atoms with E-state index < -0.39 is 6.36 Å². The first-order valence-corrected chi connectivity index (χ1v) is 5.88. The summed E-state index contributed by atoms with van der Waals surface area (Å²) in [5.74, 6) is 0.459. The smallest absolute Gasteiger partial charge is 0.423 e. The summed E-state index contributed by atoms with van der Waals surface area (Å²) in [6.45, 7) is 1.97. The van der Waals surface area contributed by atoms with Crippen molar-refractivity contribution < 1.29 is 22.3 Å². The Labute approximate surface area is 112 Å². The SMILES string of the molecule is CCc1nnc(CNc2ccccc2OC(F)(F)F)o1. The molecule has 0 amide bonds. The van der Waals surface area contributed by atoms with Crippen LogP contribution in [-0.4, -0.2) is 16.6 Å². The number of alkyl halides is 3. The molecule has 0 aliphatic rings. The number of benzene rings is 1. The number of rotatable bonds is 5. The topological polar surface area (TPSA) is 60.2 Å². The molecule has 1 aromatic heterocycles. The third kappa shape index (κ3) is 3.87. The van der Waals surface area contributed by atoms with Crippen molar-refractivity contribution in [3.63, 3.8) is 0 Å². The zero-order valence-corrected chi connectivity index (χ0v) is 10.6. The molecule has 0 saturated heterocycles. The summed E-state index contributed by atoms with van der Waals surface area (Å²) >= 11 is 0. The highest BCUT2D eigenvalue weighted by Crippen LogP contribution is 2.30. The number of para-hydroxylation sites is 2. The van der Waals surface area contributed by atoms with Gasteiger partial charge in [-0.25, -0.2) is 0 Å². The molecule has 5 nitrogen and oxygen atoms in total. The molecule has 0 saturated carbocycles. The van der Waals surface area contributed by atoms with E-state index in [2.05, 4.69) is 20.3 Å². The van der Waals surface area contributed by atoms with Gasteiger partial charge in [-0.1, -0.05) is 19.1 Å². The van der Waals surface area contributed by atoms with Crippen LogP contribution >= 0.6 is 0 Å². The Hall–Kier alpha value is -2.25. The van der Waals surface area contributed by atoms with E-state index in [1.165, 1.54) is 18.2 Å². The fourth-order valence-corrected chi connectivity index (χ4v) is 1.50. The highest BCUT2D eigenvalue weighted by molar-refractivity contribution is 5.56. The van der Waals surface area contributed by atoms with Gasteiger partial charge in [0.25, 0.3) is 0 Å². The van der Waals surface area contributed by atoms with E-state index in [1.807, 2.05) is 6.92 Å². The molecule has 1 aromatic carbocycles. The molecule has 8 heteroatoms. The van der Waals surface area contributed by atoms with Gasteiger partial charge in [0.05, 0.1) is 12.2 Å². The number of anilines is 1. The van der Waals surface area contributed by atoms with Crippen LogP contribution in [0.4, 0.5) is 18.9 Å². The normalized spacial score (nSPS) is 11.4. The van der Waals surface area contributed by atoms with Crippen LogP contribution in [-0.2, 0) is 13.0 Å². The average molecular weight is 287 g/mol. The highest BCUT2D eigenvalue weighted by atomic mass is 19.4. The quantitative estimate of drug-likeness (QED) is 0.915. The number of nitrogens with zero attached hydrogens (tertiary/aromatic N) is 2. The minimum absolute atomic E-state index is 0.116. The van der Waals surface area contributed by atoms with E-state index >= 15 is 0 Å². The van der Waals surface area contributed by atoms with Crippen molar-refractivity contribution in [3.05, 3.63) is 36.0 Å². The van der Waals surface area contributed by atoms with Crippen molar-refractivity contribution in [1.29, 1.82) is 0 Å². The van der Waals surface area contributed by atoms with E-state index in [9.17, 15) is 13.2 Å². The molecule has 0 radical (unpaired) electrons. The van der Waals surface area contributed by atoms with E-state index in [-0.39, 0.29) is 18.0 Å². The van der Waals surface area contributed by atoms with Crippen LogP contribution in [0.25, 0.3) is 0 Å². The molecular weight excluding hydrogens is 275 g/mol. The minimum Gasteiger partial charge on any atom is -0.423 e. The van der Waals surface area contributed by atoms with Crippen LogP contribution in [0.2, 0.25) is 0 Å². The van der Waals surface area contributed by atoms with E-state index in [4.69, 9.17) is 4.42 Å². The first kappa shape index (κ1) is 14.2. The van der Waals surface area contributed by atoms with Gasteiger partial charge < -0.3 is 14.5 Å². The monoisotopic (exact) mass is 287 g/mol. The molecule has 1 heterocycles. The van der Waals surface area contributed by atoms with Crippen LogP contribution in [0.1, 0.15) is 18.7 Å². The van der Waals surface area contributed by atoms with Crippen molar-refractivity contribution >= 4 is 5.69 Å². The second-order valence-corrected chi connectivity index (χ2v) is 3.84. The second kappa shape index (κ2) is 5.81.